The Kier molecular flexibility index (Phi) is 35.5. The Morgan fingerprint density at radius 3 is 1.28 bits per heavy atom. The second kappa shape index (κ2) is 38.8. The highest BCUT2D eigenvalue weighted by Crippen LogP contribution is 2.16. The van der Waals surface area contributed by atoms with Gasteiger partial charge in [0, 0.05) is 40.2 Å². The molecule has 2 atom stereocenters. The number of rotatable bonds is 38. The molecule has 9 nitrogen and oxygen atoms in total. The SMILES string of the molecule is CCCCC/C=C\C/C=C\CCCCCCCC(=O)OCCN(CCOC(=O)CCCCCCC/C=C\C/C=C\CCCCC)C(=O)CN1CC(OC)[C@@H](OC)C1. The molecule has 0 aliphatic carbocycles. The van der Waals surface area contributed by atoms with Crippen molar-refractivity contribution in [3.05, 3.63) is 48.6 Å². The summed E-state index contributed by atoms with van der Waals surface area (Å²) in [5.74, 6) is -0.569. The molecular formula is C48H84N2O7. The van der Waals surface area contributed by atoms with Gasteiger partial charge < -0.3 is 23.8 Å². The molecule has 1 saturated heterocycles. The lowest BCUT2D eigenvalue weighted by molar-refractivity contribution is -0.148. The van der Waals surface area contributed by atoms with Crippen molar-refractivity contribution >= 4 is 17.8 Å². The van der Waals surface area contributed by atoms with Crippen molar-refractivity contribution in [1.29, 1.82) is 0 Å². The molecule has 9 heteroatoms. The van der Waals surface area contributed by atoms with E-state index in [2.05, 4.69) is 62.5 Å². The van der Waals surface area contributed by atoms with E-state index in [1.54, 1.807) is 19.1 Å². The molecule has 1 rings (SSSR count). The number of methoxy groups -OCH3 is 2. The van der Waals surface area contributed by atoms with Crippen molar-refractivity contribution in [2.24, 2.45) is 0 Å². The molecule has 57 heavy (non-hydrogen) atoms. The normalized spacial score (nSPS) is 16.2. The Morgan fingerprint density at radius 1 is 0.526 bits per heavy atom. The lowest BCUT2D eigenvalue weighted by Crippen LogP contribution is -2.43. The van der Waals surface area contributed by atoms with Crippen LogP contribution in [0.1, 0.15) is 168 Å². The maximum atomic E-state index is 13.4. The van der Waals surface area contributed by atoms with Crippen molar-refractivity contribution in [3.8, 4) is 0 Å². The van der Waals surface area contributed by atoms with Crippen LogP contribution in [-0.4, -0.2) is 100 Å². The fourth-order valence-electron chi connectivity index (χ4n) is 6.90. The van der Waals surface area contributed by atoms with Gasteiger partial charge in [-0.3, -0.25) is 19.3 Å². The summed E-state index contributed by atoms with van der Waals surface area (Å²) in [4.78, 5) is 42.0. The highest BCUT2D eigenvalue weighted by atomic mass is 16.5. The van der Waals surface area contributed by atoms with Crippen LogP contribution >= 0.6 is 0 Å². The smallest absolute Gasteiger partial charge is 0.305 e. The van der Waals surface area contributed by atoms with Crippen LogP contribution in [0.25, 0.3) is 0 Å². The van der Waals surface area contributed by atoms with Gasteiger partial charge in [0.1, 0.15) is 13.2 Å². The van der Waals surface area contributed by atoms with Gasteiger partial charge in [0.25, 0.3) is 0 Å². The highest BCUT2D eigenvalue weighted by Gasteiger charge is 2.34. The number of carbonyl (C=O) groups is 3. The number of allylic oxidation sites excluding steroid dienone is 8. The predicted octanol–water partition coefficient (Wildman–Crippen LogP) is 10.9. The van der Waals surface area contributed by atoms with Gasteiger partial charge in [-0.15, -0.1) is 0 Å². The lowest BCUT2D eigenvalue weighted by atomic mass is 10.1. The summed E-state index contributed by atoms with van der Waals surface area (Å²) in [5.41, 5.74) is 0. The number of nitrogens with zero attached hydrogens (tertiary/aromatic N) is 2. The van der Waals surface area contributed by atoms with Crippen LogP contribution in [0.3, 0.4) is 0 Å². The van der Waals surface area contributed by atoms with E-state index >= 15 is 0 Å². The average Bonchev–Trinajstić information content (AvgIpc) is 3.61. The third-order valence-electron chi connectivity index (χ3n) is 10.5. The van der Waals surface area contributed by atoms with Crippen LogP contribution < -0.4 is 0 Å². The standard InChI is InChI=1S/C48H84N2O7/c1-5-7-9-11-13-15-17-19-21-23-25-27-29-31-33-35-47(52)56-39-37-50(46(51)43-49-41-44(54-3)45(42-49)55-4)38-40-57-48(53)36-34-32-30-28-26-24-22-20-18-16-14-12-10-8-6-2/h13-16,19-22,44-45H,5-12,17-18,23-43H2,1-4H3/b15-13-,16-14-,21-19-,22-20-/t44-,45?/m0/s1. The second-order valence-electron chi connectivity index (χ2n) is 15.5. The van der Waals surface area contributed by atoms with Crippen LogP contribution in [0.2, 0.25) is 0 Å². The van der Waals surface area contributed by atoms with E-state index in [1.807, 2.05) is 4.90 Å². The molecule has 0 bridgehead atoms. The maximum absolute atomic E-state index is 13.4. The number of unbranched alkanes of at least 4 members (excludes halogenated alkanes) is 16. The third kappa shape index (κ3) is 30.9. The number of hydrogen-bond donors (Lipinski definition) is 0. The molecule has 0 aromatic rings. The summed E-state index contributed by atoms with van der Waals surface area (Å²) in [6.45, 7) is 6.60. The lowest BCUT2D eigenvalue weighted by Gasteiger charge is -2.25. The molecule has 0 aromatic heterocycles. The minimum absolute atomic E-state index is 0.0958. The maximum Gasteiger partial charge on any atom is 0.305 e. The Balaban J connectivity index is 2.30. The van der Waals surface area contributed by atoms with E-state index in [4.69, 9.17) is 18.9 Å². The molecule has 1 fully saturated rings. The summed E-state index contributed by atoms with van der Waals surface area (Å²) >= 11 is 0. The first kappa shape index (κ1) is 52.3. The zero-order chi connectivity index (χ0) is 41.4. The van der Waals surface area contributed by atoms with Gasteiger partial charge in [-0.1, -0.05) is 127 Å². The first-order valence-electron chi connectivity index (χ1n) is 22.9. The van der Waals surface area contributed by atoms with E-state index in [-0.39, 0.29) is 62.9 Å². The predicted molar refractivity (Wildman–Crippen MR) is 235 cm³/mol. The fourth-order valence-corrected chi connectivity index (χ4v) is 6.90. The molecule has 0 radical (unpaired) electrons. The molecule has 1 heterocycles. The van der Waals surface area contributed by atoms with Crippen LogP contribution in [-0.2, 0) is 33.3 Å². The quantitative estimate of drug-likeness (QED) is 0.0346. The zero-order valence-electron chi connectivity index (χ0n) is 36.9. The summed E-state index contributed by atoms with van der Waals surface area (Å²) in [7, 11) is 3.31. The zero-order valence-corrected chi connectivity index (χ0v) is 36.9. The van der Waals surface area contributed by atoms with Gasteiger partial charge in [-0.25, -0.2) is 0 Å². The van der Waals surface area contributed by atoms with E-state index in [0.29, 0.717) is 25.9 Å². The Morgan fingerprint density at radius 2 is 0.895 bits per heavy atom. The van der Waals surface area contributed by atoms with Gasteiger partial charge >= 0.3 is 11.9 Å². The number of carbonyl (C=O) groups excluding carboxylic acids is 3. The fraction of sp³-hybridized carbons (Fsp3) is 0.771. The Hall–Kier alpha value is -2.75. The van der Waals surface area contributed by atoms with Crippen molar-refractivity contribution in [1.82, 2.24) is 9.80 Å². The molecule has 1 aliphatic heterocycles. The summed E-state index contributed by atoms with van der Waals surface area (Å²) in [6.07, 6.45) is 43.7. The molecule has 0 N–H and O–H groups in total. The van der Waals surface area contributed by atoms with Gasteiger partial charge in [-0.05, 0) is 77.0 Å². The molecular weight excluding hydrogens is 717 g/mol. The number of esters is 2. The number of amides is 1. The molecule has 1 amide bonds. The van der Waals surface area contributed by atoms with Crippen LogP contribution in [0, 0.1) is 0 Å². The van der Waals surface area contributed by atoms with Crippen molar-refractivity contribution in [2.75, 3.05) is 60.2 Å². The van der Waals surface area contributed by atoms with Crippen LogP contribution in [0.4, 0.5) is 0 Å². The second-order valence-corrected chi connectivity index (χ2v) is 15.5. The minimum atomic E-state index is -0.234. The summed E-state index contributed by atoms with van der Waals surface area (Å²) < 4.78 is 22.1. The van der Waals surface area contributed by atoms with E-state index in [9.17, 15) is 14.4 Å². The average molecular weight is 801 g/mol. The summed E-state index contributed by atoms with van der Waals surface area (Å²) in [6, 6.07) is 0. The number of ether oxygens (including phenoxy) is 4. The third-order valence-corrected chi connectivity index (χ3v) is 10.5. The van der Waals surface area contributed by atoms with E-state index < -0.39 is 0 Å². The molecule has 0 spiro atoms. The Labute approximate surface area is 349 Å². The topological polar surface area (TPSA) is 94.6 Å². The monoisotopic (exact) mass is 801 g/mol. The van der Waals surface area contributed by atoms with Gasteiger partial charge in [0.15, 0.2) is 0 Å². The first-order chi connectivity index (χ1) is 27.9. The van der Waals surface area contributed by atoms with Crippen molar-refractivity contribution in [3.63, 3.8) is 0 Å². The molecule has 0 aromatic carbocycles. The van der Waals surface area contributed by atoms with Gasteiger partial charge in [0.05, 0.1) is 31.8 Å². The highest BCUT2D eigenvalue weighted by molar-refractivity contribution is 5.78. The van der Waals surface area contributed by atoms with E-state index in [0.717, 1.165) is 77.0 Å². The first-order valence-corrected chi connectivity index (χ1v) is 22.9. The van der Waals surface area contributed by atoms with Gasteiger partial charge in [-0.2, -0.15) is 0 Å². The van der Waals surface area contributed by atoms with Crippen molar-refractivity contribution < 1.29 is 33.3 Å². The largest absolute Gasteiger partial charge is 0.464 e. The van der Waals surface area contributed by atoms with E-state index in [1.165, 1.54) is 64.2 Å². The molecule has 1 aliphatic rings. The van der Waals surface area contributed by atoms with Crippen LogP contribution in [0.5, 0.6) is 0 Å². The van der Waals surface area contributed by atoms with Crippen LogP contribution in [0.15, 0.2) is 48.6 Å². The minimum Gasteiger partial charge on any atom is -0.464 e. The molecule has 0 saturated carbocycles. The van der Waals surface area contributed by atoms with Crippen molar-refractivity contribution in [2.45, 2.75) is 180 Å². The summed E-state index contributed by atoms with van der Waals surface area (Å²) in [5, 5.41) is 0. The molecule has 328 valence electrons. The number of hydrogen-bond acceptors (Lipinski definition) is 8. The van der Waals surface area contributed by atoms with Gasteiger partial charge in [0.2, 0.25) is 5.91 Å². The Bertz CT molecular complexity index is 1030. The number of likely N-dealkylation sites (tertiary alicyclic amines) is 1. The molecule has 1 unspecified atom stereocenters.